The normalized spacial score (nSPS) is 21.8. The highest BCUT2D eigenvalue weighted by Gasteiger charge is 2.31. The number of benzene rings is 1. The first-order chi connectivity index (χ1) is 9.34. The van der Waals surface area contributed by atoms with E-state index in [1.165, 1.54) is 0 Å². The van der Waals surface area contributed by atoms with E-state index < -0.39 is 17.6 Å². The molecule has 1 aromatic carbocycles. The lowest BCUT2D eigenvalue weighted by Crippen LogP contribution is -2.25. The molecule has 1 atom stereocenters. The topological polar surface area (TPSA) is 23.5 Å². The van der Waals surface area contributed by atoms with E-state index in [1.54, 1.807) is 0 Å². The van der Waals surface area contributed by atoms with Crippen molar-refractivity contribution in [3.63, 3.8) is 0 Å². The fraction of sp³-hybridized carbons (Fsp3) is 0.571. The molecule has 1 aliphatic heterocycles. The summed E-state index contributed by atoms with van der Waals surface area (Å²) in [7, 11) is 0. The van der Waals surface area contributed by atoms with Crippen molar-refractivity contribution in [1.29, 1.82) is 0 Å². The summed E-state index contributed by atoms with van der Waals surface area (Å²) >= 11 is 0. The second-order valence-electron chi connectivity index (χ2n) is 5.21. The van der Waals surface area contributed by atoms with Crippen LogP contribution in [0, 0.1) is 5.82 Å². The molecule has 1 heterocycles. The molecule has 0 spiro atoms. The van der Waals surface area contributed by atoms with E-state index in [1.807, 2.05) is 4.90 Å². The van der Waals surface area contributed by atoms with Gasteiger partial charge in [-0.3, -0.25) is 4.90 Å². The molecular weight excluding hydrogens is 274 g/mol. The third-order valence-corrected chi connectivity index (χ3v) is 3.48. The summed E-state index contributed by atoms with van der Waals surface area (Å²) in [5, 5.41) is 9.53. The van der Waals surface area contributed by atoms with Crippen LogP contribution >= 0.6 is 0 Å². The van der Waals surface area contributed by atoms with Crippen molar-refractivity contribution in [3.8, 4) is 0 Å². The van der Waals surface area contributed by atoms with Crippen LogP contribution in [0.2, 0.25) is 0 Å². The van der Waals surface area contributed by atoms with Gasteiger partial charge in [0.25, 0.3) is 0 Å². The first-order valence-electron chi connectivity index (χ1n) is 6.61. The van der Waals surface area contributed by atoms with E-state index in [0.717, 1.165) is 18.6 Å². The molecule has 6 heteroatoms. The molecule has 2 nitrogen and oxygen atoms in total. The number of nitrogens with zero attached hydrogens (tertiary/aromatic N) is 1. The Labute approximate surface area is 115 Å². The molecule has 0 saturated carbocycles. The SMILES string of the molecule is OC1CCCN(Cc2cc(F)cc(C(F)(F)F)c2)CC1. The second kappa shape index (κ2) is 6.10. The van der Waals surface area contributed by atoms with E-state index in [4.69, 9.17) is 0 Å². The van der Waals surface area contributed by atoms with Crippen LogP contribution in [-0.2, 0) is 12.7 Å². The standard InChI is InChI=1S/C14H17F4NO/c15-12-7-10(6-11(8-12)14(16,17)18)9-19-4-1-2-13(20)3-5-19/h6-8,13,20H,1-5,9H2. The van der Waals surface area contributed by atoms with Crippen molar-refractivity contribution in [2.75, 3.05) is 13.1 Å². The Morgan fingerprint density at radius 2 is 1.90 bits per heavy atom. The van der Waals surface area contributed by atoms with Crippen LogP contribution in [0.3, 0.4) is 0 Å². The molecule has 20 heavy (non-hydrogen) atoms. The lowest BCUT2D eigenvalue weighted by atomic mass is 10.1. The average Bonchev–Trinajstić information content (AvgIpc) is 2.53. The molecule has 0 radical (unpaired) electrons. The first kappa shape index (κ1) is 15.3. The molecule has 1 aromatic rings. The zero-order chi connectivity index (χ0) is 14.8. The van der Waals surface area contributed by atoms with Crippen LogP contribution in [0.1, 0.15) is 30.4 Å². The van der Waals surface area contributed by atoms with Gasteiger partial charge in [0.05, 0.1) is 11.7 Å². The zero-order valence-electron chi connectivity index (χ0n) is 11.0. The van der Waals surface area contributed by atoms with Crippen LogP contribution in [0.25, 0.3) is 0 Å². The van der Waals surface area contributed by atoms with Gasteiger partial charge in [-0.1, -0.05) is 0 Å². The fourth-order valence-corrected chi connectivity index (χ4v) is 2.46. The predicted molar refractivity (Wildman–Crippen MR) is 66.5 cm³/mol. The highest BCUT2D eigenvalue weighted by atomic mass is 19.4. The van der Waals surface area contributed by atoms with Crippen molar-refractivity contribution < 1.29 is 22.7 Å². The van der Waals surface area contributed by atoms with Crippen LogP contribution in [0.5, 0.6) is 0 Å². The number of hydrogen-bond acceptors (Lipinski definition) is 2. The minimum absolute atomic E-state index is 0.271. The minimum atomic E-state index is -4.54. The number of alkyl halides is 3. The van der Waals surface area contributed by atoms with E-state index in [0.29, 0.717) is 37.6 Å². The van der Waals surface area contributed by atoms with Gasteiger partial charge in [0, 0.05) is 13.1 Å². The molecule has 1 saturated heterocycles. The molecule has 1 aliphatic rings. The summed E-state index contributed by atoms with van der Waals surface area (Å²) in [4.78, 5) is 1.95. The highest BCUT2D eigenvalue weighted by molar-refractivity contribution is 5.26. The highest BCUT2D eigenvalue weighted by Crippen LogP contribution is 2.30. The van der Waals surface area contributed by atoms with E-state index in [9.17, 15) is 22.7 Å². The van der Waals surface area contributed by atoms with Gasteiger partial charge in [0.15, 0.2) is 0 Å². The lowest BCUT2D eigenvalue weighted by molar-refractivity contribution is -0.137. The van der Waals surface area contributed by atoms with Gasteiger partial charge >= 0.3 is 6.18 Å². The Balaban J connectivity index is 2.11. The van der Waals surface area contributed by atoms with Gasteiger partial charge in [0.2, 0.25) is 0 Å². The molecule has 0 aliphatic carbocycles. The van der Waals surface area contributed by atoms with E-state index in [2.05, 4.69) is 0 Å². The quantitative estimate of drug-likeness (QED) is 0.846. The van der Waals surface area contributed by atoms with Gasteiger partial charge in [-0.25, -0.2) is 4.39 Å². The summed E-state index contributed by atoms with van der Waals surface area (Å²) < 4.78 is 51.2. The van der Waals surface area contributed by atoms with Crippen molar-refractivity contribution in [3.05, 3.63) is 35.1 Å². The third kappa shape index (κ3) is 4.18. The van der Waals surface area contributed by atoms with Crippen molar-refractivity contribution in [2.45, 2.75) is 38.1 Å². The molecular formula is C14H17F4NO. The van der Waals surface area contributed by atoms with Gasteiger partial charge < -0.3 is 5.11 Å². The van der Waals surface area contributed by atoms with Gasteiger partial charge in [-0.15, -0.1) is 0 Å². The van der Waals surface area contributed by atoms with Crippen molar-refractivity contribution >= 4 is 0 Å². The van der Waals surface area contributed by atoms with E-state index >= 15 is 0 Å². The summed E-state index contributed by atoms with van der Waals surface area (Å²) in [6, 6.07) is 2.64. The zero-order valence-corrected chi connectivity index (χ0v) is 11.0. The molecule has 1 fully saturated rings. The van der Waals surface area contributed by atoms with Crippen LogP contribution < -0.4 is 0 Å². The maximum atomic E-state index is 13.3. The maximum absolute atomic E-state index is 13.3. The monoisotopic (exact) mass is 291 g/mol. The van der Waals surface area contributed by atoms with Gasteiger partial charge in [-0.05, 0) is 49.6 Å². The van der Waals surface area contributed by atoms with Crippen molar-refractivity contribution in [1.82, 2.24) is 4.90 Å². The largest absolute Gasteiger partial charge is 0.416 e. The Morgan fingerprint density at radius 1 is 1.15 bits per heavy atom. The Bertz CT molecular complexity index is 461. The minimum Gasteiger partial charge on any atom is -0.393 e. The molecule has 0 amide bonds. The molecule has 0 bridgehead atoms. The molecule has 2 rings (SSSR count). The van der Waals surface area contributed by atoms with Crippen LogP contribution in [0.4, 0.5) is 17.6 Å². The number of likely N-dealkylation sites (tertiary alicyclic amines) is 1. The molecule has 112 valence electrons. The second-order valence-corrected chi connectivity index (χ2v) is 5.21. The fourth-order valence-electron chi connectivity index (χ4n) is 2.46. The smallest absolute Gasteiger partial charge is 0.393 e. The molecule has 1 unspecified atom stereocenters. The van der Waals surface area contributed by atoms with Crippen LogP contribution in [-0.4, -0.2) is 29.2 Å². The van der Waals surface area contributed by atoms with Gasteiger partial charge in [0.1, 0.15) is 5.82 Å². The average molecular weight is 291 g/mol. The summed E-state index contributed by atoms with van der Waals surface area (Å²) in [6.07, 6.45) is -2.79. The number of rotatable bonds is 2. The summed E-state index contributed by atoms with van der Waals surface area (Å²) in [6.45, 7) is 1.58. The maximum Gasteiger partial charge on any atom is 0.416 e. The summed E-state index contributed by atoms with van der Waals surface area (Å²) in [5.41, 5.74) is -0.643. The summed E-state index contributed by atoms with van der Waals surface area (Å²) in [5.74, 6) is -0.871. The Morgan fingerprint density at radius 3 is 2.60 bits per heavy atom. The lowest BCUT2D eigenvalue weighted by Gasteiger charge is -2.20. The predicted octanol–water partition coefficient (Wildman–Crippen LogP) is 3.19. The number of aliphatic hydroxyl groups excluding tert-OH is 1. The number of aliphatic hydroxyl groups is 1. The van der Waals surface area contributed by atoms with Gasteiger partial charge in [-0.2, -0.15) is 13.2 Å². The molecule has 0 aromatic heterocycles. The Hall–Kier alpha value is -1.14. The Kier molecular flexibility index (Phi) is 4.65. The number of hydrogen-bond donors (Lipinski definition) is 1. The van der Waals surface area contributed by atoms with E-state index in [-0.39, 0.29) is 12.6 Å². The third-order valence-electron chi connectivity index (χ3n) is 3.48. The van der Waals surface area contributed by atoms with Crippen molar-refractivity contribution in [2.24, 2.45) is 0 Å². The number of halogens is 4. The van der Waals surface area contributed by atoms with Crippen LogP contribution in [0.15, 0.2) is 18.2 Å². The first-order valence-corrected chi connectivity index (χ1v) is 6.61. The molecule has 1 N–H and O–H groups in total.